The summed E-state index contributed by atoms with van der Waals surface area (Å²) >= 11 is 6.25. The quantitative estimate of drug-likeness (QED) is 0.0208. The largest absolute Gasteiger partial charge is 0.414 e. The topological polar surface area (TPSA) is 308 Å². The Kier molecular flexibility index (Phi) is 20.3. The first-order chi connectivity index (χ1) is 37.5. The third kappa shape index (κ3) is 13.2. The molecule has 24 nitrogen and oxygen atoms in total. The van der Waals surface area contributed by atoms with Crippen molar-refractivity contribution in [3.8, 4) is 6.07 Å². The zero-order valence-electron chi connectivity index (χ0n) is 47.1. The minimum absolute atomic E-state index is 0.0897. The lowest BCUT2D eigenvalue weighted by Gasteiger charge is -2.47. The molecule has 1 amide bonds. The van der Waals surface area contributed by atoms with Crippen LogP contribution in [-0.2, 0) is 56.9 Å². The standard InChI is InChI=1S/C49H74FN9O15P2SSi3/c1-28(2)79(65,29(3)4)74-80(30(5)6,31(7)8)73-39-34(23-60)68-47(58-22-33(50)36-43(58)53-26-55-46(36)62)40(39)71-76(77,66-21-17-20-51)67-24-35-38(70-75(63)64)41(72-78(12,13)49(9,10)11)48(69-35)59-27-56-37-42(52-25-54-44(37)59)57-45(61)32-18-15-14-16-19-32/h14-16,18-19,22,25-31,34-35,38-41,47-48,60,65,75H,17,21,23-24H2,1-13H3,(H,63,64)(H,53,55,62)(H,52,54,57,61)/t34-,35-,38-,39-,40-,41-,47-,48-,76?/m1/s1. The van der Waals surface area contributed by atoms with E-state index in [1.165, 1.54) is 21.8 Å². The van der Waals surface area contributed by atoms with Gasteiger partial charge >= 0.3 is 32.1 Å². The van der Waals surface area contributed by atoms with Crippen molar-refractivity contribution in [2.75, 3.05) is 25.1 Å². The molecule has 7 rings (SSSR count). The van der Waals surface area contributed by atoms with Crippen LogP contribution in [0.5, 0.6) is 0 Å². The zero-order chi connectivity index (χ0) is 58.9. The number of ether oxygens (including phenoxy) is 2. The fourth-order valence-electron chi connectivity index (χ4n) is 9.63. The molecule has 31 heteroatoms. The summed E-state index contributed by atoms with van der Waals surface area (Å²) < 4.78 is 92.1. The highest BCUT2D eigenvalue weighted by Crippen LogP contribution is 2.57. The third-order valence-electron chi connectivity index (χ3n) is 15.0. The first-order valence-corrected chi connectivity index (χ1v) is 37.1. The van der Waals surface area contributed by atoms with E-state index in [0.717, 1.165) is 12.5 Å². The predicted molar refractivity (Wildman–Crippen MR) is 304 cm³/mol. The van der Waals surface area contributed by atoms with Crippen LogP contribution in [-0.4, -0.2) is 137 Å². The number of amides is 1. The van der Waals surface area contributed by atoms with Gasteiger partial charge in [0.1, 0.15) is 48.3 Å². The number of fused-ring (bicyclic) bond motifs is 2. The van der Waals surface area contributed by atoms with Gasteiger partial charge in [-0.15, -0.1) is 0 Å². The van der Waals surface area contributed by atoms with E-state index in [-0.39, 0.29) is 57.8 Å². The van der Waals surface area contributed by atoms with Gasteiger partial charge in [0.15, 0.2) is 49.2 Å². The minimum Gasteiger partial charge on any atom is -0.414 e. The molecule has 0 bridgehead atoms. The van der Waals surface area contributed by atoms with Crippen LogP contribution in [0.2, 0.25) is 40.3 Å². The number of hydrogen-bond acceptors (Lipinski definition) is 20. The molecular weight excluding hydrogens is 1150 g/mol. The highest BCUT2D eigenvalue weighted by atomic mass is 32.5. The van der Waals surface area contributed by atoms with Crippen LogP contribution < -0.4 is 10.9 Å². The predicted octanol–water partition coefficient (Wildman–Crippen LogP) is 8.38. The number of benzene rings is 1. The Balaban J connectivity index is 1.33. The second-order valence-corrected chi connectivity index (χ2v) is 39.6. The fraction of sp³-hybridized carbons (Fsp3) is 0.612. The number of carbonyl (C=O) groups excluding carboxylic acids is 1. The molecule has 80 heavy (non-hydrogen) atoms. The summed E-state index contributed by atoms with van der Waals surface area (Å²) in [5.74, 6) is -1.32. The number of aliphatic hydroxyl groups excluding tert-OH is 1. The smallest absolute Gasteiger partial charge is 0.335 e. The van der Waals surface area contributed by atoms with Gasteiger partial charge in [-0.1, -0.05) is 94.4 Å². The summed E-state index contributed by atoms with van der Waals surface area (Å²) in [7, 11) is -14.0. The molecule has 2 saturated heterocycles. The summed E-state index contributed by atoms with van der Waals surface area (Å²) in [5, 5.41) is 22.9. The maximum atomic E-state index is 16.0. The molecule has 440 valence electrons. The van der Waals surface area contributed by atoms with E-state index in [1.54, 1.807) is 30.3 Å². The maximum Gasteiger partial charge on any atom is 0.335 e. The minimum atomic E-state index is -4.34. The molecule has 0 spiro atoms. The number of anilines is 1. The van der Waals surface area contributed by atoms with Gasteiger partial charge in [0.05, 0.1) is 45.0 Å². The van der Waals surface area contributed by atoms with Gasteiger partial charge in [-0.05, 0) is 64.2 Å². The molecule has 0 aliphatic carbocycles. The van der Waals surface area contributed by atoms with Gasteiger partial charge in [0.25, 0.3) is 11.5 Å². The Morgan fingerprint density at radius 3 is 2.17 bits per heavy atom. The summed E-state index contributed by atoms with van der Waals surface area (Å²) in [6.45, 7) is 19.3. The van der Waals surface area contributed by atoms with E-state index in [2.05, 4.69) is 30.2 Å². The van der Waals surface area contributed by atoms with Crippen LogP contribution in [0.15, 0.2) is 60.3 Å². The number of carbonyl (C=O) groups is 1. The van der Waals surface area contributed by atoms with Gasteiger partial charge in [0.2, 0.25) is 0 Å². The molecule has 1 aromatic carbocycles. The first-order valence-electron chi connectivity index (χ1n) is 26.3. The lowest BCUT2D eigenvalue weighted by Crippen LogP contribution is -2.62. The van der Waals surface area contributed by atoms with Gasteiger partial charge in [0, 0.05) is 11.8 Å². The van der Waals surface area contributed by atoms with Gasteiger partial charge in [-0.3, -0.25) is 23.2 Å². The second-order valence-electron chi connectivity index (χ2n) is 22.5. The number of aromatic nitrogens is 7. The van der Waals surface area contributed by atoms with Crippen molar-refractivity contribution < 1.29 is 69.1 Å². The maximum absolute atomic E-state index is 16.0. The van der Waals surface area contributed by atoms with Crippen molar-refractivity contribution in [1.82, 2.24) is 34.1 Å². The van der Waals surface area contributed by atoms with E-state index >= 15 is 4.39 Å². The zero-order valence-corrected chi connectivity index (χ0v) is 52.8. The van der Waals surface area contributed by atoms with Crippen LogP contribution in [0.4, 0.5) is 10.2 Å². The molecular formula is C49H74FN9O15P2SSi3. The molecule has 2 fully saturated rings. The lowest BCUT2D eigenvalue weighted by molar-refractivity contribution is -0.0575. The normalized spacial score (nSPS) is 23.4. The van der Waals surface area contributed by atoms with E-state index in [1.807, 2.05) is 95.3 Å². The monoisotopic (exact) mass is 1230 g/mol. The number of H-pyrrole nitrogens is 1. The lowest BCUT2D eigenvalue weighted by atomic mass is 10.1. The van der Waals surface area contributed by atoms with Crippen LogP contribution in [0.25, 0.3) is 22.2 Å². The molecule has 2 aliphatic rings. The Bertz CT molecular complexity index is 3130. The Morgan fingerprint density at radius 2 is 1.57 bits per heavy atom. The molecule has 2 unspecified atom stereocenters. The van der Waals surface area contributed by atoms with E-state index in [0.29, 0.717) is 5.56 Å². The van der Waals surface area contributed by atoms with Gasteiger partial charge < -0.3 is 65.7 Å². The van der Waals surface area contributed by atoms with E-state index < -0.39 is 130 Å². The number of nitriles is 1. The third-order valence-corrected chi connectivity index (χ3v) is 32.0. The van der Waals surface area contributed by atoms with E-state index in [9.17, 15) is 34.2 Å². The van der Waals surface area contributed by atoms with E-state index in [4.69, 9.17) is 52.3 Å². The van der Waals surface area contributed by atoms with Crippen molar-refractivity contribution in [3.63, 3.8) is 0 Å². The molecule has 5 N–H and O–H groups in total. The summed E-state index contributed by atoms with van der Waals surface area (Å²) in [6.07, 6.45) is -6.09. The highest BCUT2D eigenvalue weighted by Gasteiger charge is 2.60. The first kappa shape index (κ1) is 63.7. The number of aromatic amines is 1. The van der Waals surface area contributed by atoms with Crippen LogP contribution in [0.1, 0.15) is 105 Å². The molecule has 4 aromatic heterocycles. The Labute approximate surface area is 472 Å². The number of hydrogen-bond donors (Lipinski definition) is 5. The number of halogens is 1. The van der Waals surface area contributed by atoms with Crippen LogP contribution in [0, 0.1) is 17.1 Å². The molecule has 6 heterocycles. The van der Waals surface area contributed by atoms with Crippen molar-refractivity contribution in [2.24, 2.45) is 0 Å². The summed E-state index contributed by atoms with van der Waals surface area (Å²) in [6, 6.07) is 10.5. The average molecular weight is 1230 g/mol. The number of imidazole rings is 1. The SMILES string of the molecule is CC(C)[Si](O)(O[Si](O[C@H]1[C@@H](OP(=S)(OCCC#N)OC[C@H]2O[C@@H](n3cnc4c(NC(=O)c5ccccc5)ncnc43)[C@H](O[Si](C)(C)C(C)(C)C)[C@@H]2O[PH](=O)O)[C@H](n2cc(F)c3c(=O)[nH]cnc32)O[C@@H]1CO)(C(C)C)C(C)C)C(C)C. The van der Waals surface area contributed by atoms with Crippen molar-refractivity contribution >= 4 is 86.1 Å². The number of rotatable bonds is 25. The summed E-state index contributed by atoms with van der Waals surface area (Å²) in [4.78, 5) is 69.5. The molecule has 0 saturated carbocycles. The Hall–Kier alpha value is -3.87. The molecule has 0 radical (unpaired) electrons. The Morgan fingerprint density at radius 1 is 0.925 bits per heavy atom. The number of nitrogens with zero attached hydrogens (tertiary/aromatic N) is 7. The molecule has 5 aromatic rings. The number of aliphatic hydroxyl groups is 1. The average Bonchev–Trinajstić information content (AvgIpc) is 4.27. The van der Waals surface area contributed by atoms with Crippen molar-refractivity contribution in [1.29, 1.82) is 5.26 Å². The fourth-order valence-corrected chi connectivity index (χ4v) is 23.4. The van der Waals surface area contributed by atoms with Gasteiger partial charge in [-0.25, -0.2) is 24.3 Å². The number of nitrogens with one attached hydrogen (secondary N) is 2. The van der Waals surface area contributed by atoms with Crippen molar-refractivity contribution in [2.45, 2.75) is 172 Å². The van der Waals surface area contributed by atoms with Gasteiger partial charge in [-0.2, -0.15) is 5.26 Å². The van der Waals surface area contributed by atoms with Crippen LogP contribution >= 0.6 is 15.0 Å². The second kappa shape index (κ2) is 25.5. The molecule has 2 aliphatic heterocycles. The molecule has 10 atom stereocenters. The van der Waals surface area contributed by atoms with Crippen LogP contribution in [0.3, 0.4) is 0 Å². The highest BCUT2D eigenvalue weighted by molar-refractivity contribution is 8.07. The van der Waals surface area contributed by atoms with Crippen molar-refractivity contribution in [3.05, 3.63) is 77.2 Å². The summed E-state index contributed by atoms with van der Waals surface area (Å²) in [5.41, 5.74) is -1.47.